The second-order valence-electron chi connectivity index (χ2n) is 5.81. The first kappa shape index (κ1) is 15.4. The first-order valence-corrected chi connectivity index (χ1v) is 8.09. The molecule has 124 valence electrons. The molecule has 0 fully saturated rings. The summed E-state index contributed by atoms with van der Waals surface area (Å²) < 4.78 is 11.3. The van der Waals surface area contributed by atoms with Crippen LogP contribution in [0.15, 0.2) is 77.5 Å². The maximum absolute atomic E-state index is 6.58. The Hall–Kier alpha value is -3.11. The van der Waals surface area contributed by atoms with Gasteiger partial charge in [-0.3, -0.25) is 4.98 Å². The van der Waals surface area contributed by atoms with Crippen LogP contribution in [0, 0.1) is 0 Å². The molecule has 0 bridgehead atoms. The second kappa shape index (κ2) is 6.42. The Morgan fingerprint density at radius 2 is 1.80 bits per heavy atom. The van der Waals surface area contributed by atoms with Crippen molar-refractivity contribution in [3.05, 3.63) is 84.4 Å². The van der Waals surface area contributed by atoms with E-state index in [-0.39, 0.29) is 0 Å². The topological polar surface area (TPSA) is 61.3 Å². The van der Waals surface area contributed by atoms with Gasteiger partial charge in [0.1, 0.15) is 11.5 Å². The molecule has 2 N–H and O–H groups in total. The molecule has 0 saturated carbocycles. The molecule has 0 spiro atoms. The summed E-state index contributed by atoms with van der Waals surface area (Å²) in [6.45, 7) is 0. The Bertz CT molecular complexity index is 1020. The van der Waals surface area contributed by atoms with Crippen molar-refractivity contribution in [3.63, 3.8) is 0 Å². The van der Waals surface area contributed by atoms with Gasteiger partial charge in [0.15, 0.2) is 0 Å². The first-order chi connectivity index (χ1) is 12.3. The third-order valence-corrected chi connectivity index (χ3v) is 4.36. The van der Waals surface area contributed by atoms with Crippen molar-refractivity contribution in [2.24, 2.45) is 5.73 Å². The van der Waals surface area contributed by atoms with E-state index in [1.807, 2.05) is 60.7 Å². The van der Waals surface area contributed by atoms with Crippen LogP contribution >= 0.6 is 0 Å². The van der Waals surface area contributed by atoms with Crippen LogP contribution in [0.3, 0.4) is 0 Å². The Balaban J connectivity index is 1.86. The summed E-state index contributed by atoms with van der Waals surface area (Å²) in [6, 6.07) is 19.3. The minimum atomic E-state index is -0.423. The molecule has 2 aromatic carbocycles. The molecular formula is C21H18N2O2. The third kappa shape index (κ3) is 2.66. The number of hydrogen-bond acceptors (Lipinski definition) is 4. The molecule has 2 heterocycles. The molecule has 2 aromatic heterocycles. The van der Waals surface area contributed by atoms with Gasteiger partial charge in [-0.05, 0) is 18.2 Å². The largest absolute Gasteiger partial charge is 0.496 e. The Labute approximate surface area is 145 Å². The molecular weight excluding hydrogens is 312 g/mol. The molecule has 1 atom stereocenters. The highest BCUT2D eigenvalue weighted by Crippen LogP contribution is 2.36. The SMILES string of the molecule is COc1ccccc1-c1ncccc1C(N)c1occ2ccccc12. The molecule has 0 aliphatic carbocycles. The summed E-state index contributed by atoms with van der Waals surface area (Å²) in [5.41, 5.74) is 9.19. The average molecular weight is 330 g/mol. The van der Waals surface area contributed by atoms with Gasteiger partial charge in [0, 0.05) is 28.1 Å². The van der Waals surface area contributed by atoms with Crippen LogP contribution in [0.2, 0.25) is 0 Å². The molecule has 4 aromatic rings. The molecule has 4 heteroatoms. The Morgan fingerprint density at radius 1 is 1.00 bits per heavy atom. The molecule has 0 saturated heterocycles. The van der Waals surface area contributed by atoms with Crippen LogP contribution in [0.4, 0.5) is 0 Å². The molecule has 4 rings (SSSR count). The minimum absolute atomic E-state index is 0.423. The molecule has 4 nitrogen and oxygen atoms in total. The predicted molar refractivity (Wildman–Crippen MR) is 98.5 cm³/mol. The van der Waals surface area contributed by atoms with E-state index in [2.05, 4.69) is 4.98 Å². The van der Waals surface area contributed by atoms with Crippen molar-refractivity contribution in [1.29, 1.82) is 0 Å². The highest BCUT2D eigenvalue weighted by molar-refractivity contribution is 5.85. The lowest BCUT2D eigenvalue weighted by Crippen LogP contribution is -2.13. The summed E-state index contributed by atoms with van der Waals surface area (Å²) in [5, 5.41) is 2.06. The van der Waals surface area contributed by atoms with Crippen LogP contribution in [0.1, 0.15) is 17.4 Å². The number of aromatic nitrogens is 1. The normalized spacial score (nSPS) is 12.2. The van der Waals surface area contributed by atoms with Gasteiger partial charge >= 0.3 is 0 Å². The number of nitrogens with zero attached hydrogens (tertiary/aromatic N) is 1. The van der Waals surface area contributed by atoms with Gasteiger partial charge in [0.2, 0.25) is 0 Å². The number of methoxy groups -OCH3 is 1. The summed E-state index contributed by atoms with van der Waals surface area (Å²) in [6.07, 6.45) is 3.50. The fourth-order valence-electron chi connectivity index (χ4n) is 3.13. The van der Waals surface area contributed by atoms with E-state index in [0.717, 1.165) is 39.1 Å². The fourth-order valence-corrected chi connectivity index (χ4v) is 3.13. The number of fused-ring (bicyclic) bond motifs is 1. The zero-order valence-corrected chi connectivity index (χ0v) is 13.8. The van der Waals surface area contributed by atoms with Crippen LogP contribution < -0.4 is 10.5 Å². The Kier molecular flexibility index (Phi) is 3.96. The molecule has 0 radical (unpaired) electrons. The van der Waals surface area contributed by atoms with Gasteiger partial charge < -0.3 is 14.9 Å². The zero-order chi connectivity index (χ0) is 17.2. The van der Waals surface area contributed by atoms with Crippen molar-refractivity contribution in [2.75, 3.05) is 7.11 Å². The number of para-hydroxylation sites is 1. The van der Waals surface area contributed by atoms with Crippen molar-refractivity contribution < 1.29 is 9.15 Å². The van der Waals surface area contributed by atoms with E-state index in [0.29, 0.717) is 0 Å². The summed E-state index contributed by atoms with van der Waals surface area (Å²) >= 11 is 0. The van der Waals surface area contributed by atoms with Gasteiger partial charge in [0.05, 0.1) is 25.1 Å². The quantitative estimate of drug-likeness (QED) is 0.596. The van der Waals surface area contributed by atoms with Gasteiger partial charge in [-0.15, -0.1) is 0 Å². The summed E-state index contributed by atoms with van der Waals surface area (Å²) in [4.78, 5) is 4.57. The van der Waals surface area contributed by atoms with Gasteiger partial charge in [-0.2, -0.15) is 0 Å². The zero-order valence-electron chi connectivity index (χ0n) is 13.8. The van der Waals surface area contributed by atoms with Crippen molar-refractivity contribution in [2.45, 2.75) is 6.04 Å². The van der Waals surface area contributed by atoms with E-state index in [1.165, 1.54) is 0 Å². The van der Waals surface area contributed by atoms with E-state index in [4.69, 9.17) is 14.9 Å². The smallest absolute Gasteiger partial charge is 0.132 e. The lowest BCUT2D eigenvalue weighted by atomic mass is 9.97. The summed E-state index contributed by atoms with van der Waals surface area (Å²) in [7, 11) is 1.65. The lowest BCUT2D eigenvalue weighted by molar-refractivity contribution is 0.416. The molecule has 0 amide bonds. The van der Waals surface area contributed by atoms with Gasteiger partial charge in [-0.1, -0.05) is 42.5 Å². The van der Waals surface area contributed by atoms with Crippen LogP contribution in [-0.4, -0.2) is 12.1 Å². The number of benzene rings is 2. The monoisotopic (exact) mass is 330 g/mol. The standard InChI is InChI=1S/C21H18N2O2/c1-24-18-11-5-4-9-16(18)20-17(10-6-12-23-20)19(22)21-15-8-3-2-7-14(15)13-25-21/h2-13,19H,22H2,1H3. The van der Waals surface area contributed by atoms with Crippen LogP contribution in [0.25, 0.3) is 22.0 Å². The Morgan fingerprint density at radius 3 is 2.68 bits per heavy atom. The number of furan rings is 1. The molecule has 25 heavy (non-hydrogen) atoms. The maximum Gasteiger partial charge on any atom is 0.132 e. The molecule has 0 aliphatic rings. The molecule has 0 aliphatic heterocycles. The first-order valence-electron chi connectivity index (χ1n) is 8.09. The average Bonchev–Trinajstić information content (AvgIpc) is 3.11. The fraction of sp³-hybridized carbons (Fsp3) is 0.0952. The maximum atomic E-state index is 6.58. The van der Waals surface area contributed by atoms with Gasteiger partial charge in [-0.25, -0.2) is 0 Å². The number of ether oxygens (including phenoxy) is 1. The number of nitrogens with two attached hydrogens (primary N) is 1. The van der Waals surface area contributed by atoms with E-state index >= 15 is 0 Å². The third-order valence-electron chi connectivity index (χ3n) is 4.36. The molecule has 1 unspecified atom stereocenters. The van der Waals surface area contributed by atoms with Crippen molar-refractivity contribution in [1.82, 2.24) is 4.98 Å². The minimum Gasteiger partial charge on any atom is -0.496 e. The second-order valence-corrected chi connectivity index (χ2v) is 5.81. The number of pyridine rings is 1. The summed E-state index contributed by atoms with van der Waals surface area (Å²) in [5.74, 6) is 1.50. The van der Waals surface area contributed by atoms with Crippen LogP contribution in [0.5, 0.6) is 5.75 Å². The lowest BCUT2D eigenvalue weighted by Gasteiger charge is -2.16. The van der Waals surface area contributed by atoms with Crippen molar-refractivity contribution >= 4 is 10.8 Å². The van der Waals surface area contributed by atoms with E-state index < -0.39 is 6.04 Å². The highest BCUT2D eigenvalue weighted by atomic mass is 16.5. The number of hydrogen-bond donors (Lipinski definition) is 1. The highest BCUT2D eigenvalue weighted by Gasteiger charge is 2.21. The van der Waals surface area contributed by atoms with Gasteiger partial charge in [0.25, 0.3) is 0 Å². The predicted octanol–water partition coefficient (Wildman–Crippen LogP) is 4.55. The van der Waals surface area contributed by atoms with E-state index in [1.54, 1.807) is 19.6 Å². The van der Waals surface area contributed by atoms with Crippen LogP contribution in [-0.2, 0) is 0 Å². The van der Waals surface area contributed by atoms with Crippen molar-refractivity contribution in [3.8, 4) is 17.0 Å². The van der Waals surface area contributed by atoms with E-state index in [9.17, 15) is 0 Å². The number of rotatable bonds is 4.